The lowest BCUT2D eigenvalue weighted by Crippen LogP contribution is -2.31. The molecule has 1 unspecified atom stereocenters. The molecule has 0 spiro atoms. The summed E-state index contributed by atoms with van der Waals surface area (Å²) >= 11 is 6.37. The van der Waals surface area contributed by atoms with Crippen LogP contribution in [0.5, 0.6) is 5.88 Å². The van der Waals surface area contributed by atoms with Crippen LogP contribution in [0.2, 0.25) is 5.02 Å². The number of nitrogens with zero attached hydrogens (tertiary/aromatic N) is 4. The van der Waals surface area contributed by atoms with E-state index >= 15 is 0 Å². The molecule has 0 aliphatic heterocycles. The Labute approximate surface area is 128 Å². The van der Waals surface area contributed by atoms with Crippen molar-refractivity contribution in [2.24, 2.45) is 12.9 Å². The Morgan fingerprint density at radius 2 is 2.24 bits per heavy atom. The van der Waals surface area contributed by atoms with E-state index in [-0.39, 0.29) is 6.04 Å². The van der Waals surface area contributed by atoms with Crippen LogP contribution < -0.4 is 16.0 Å². The summed E-state index contributed by atoms with van der Waals surface area (Å²) in [7, 11) is 3.43. The minimum Gasteiger partial charge on any atom is -0.481 e. The Kier molecular flexibility index (Phi) is 5.11. The normalized spacial score (nSPS) is 12.4. The van der Waals surface area contributed by atoms with Crippen molar-refractivity contribution in [3.8, 4) is 5.88 Å². The van der Waals surface area contributed by atoms with Gasteiger partial charge < -0.3 is 4.74 Å². The smallest absolute Gasteiger partial charge is 0.216 e. The first-order valence-electron chi connectivity index (χ1n) is 6.63. The van der Waals surface area contributed by atoms with Crippen LogP contribution in [-0.2, 0) is 19.9 Å². The van der Waals surface area contributed by atoms with E-state index in [4.69, 9.17) is 22.2 Å². The van der Waals surface area contributed by atoms with Crippen molar-refractivity contribution < 1.29 is 4.74 Å². The molecule has 0 saturated carbocycles. The summed E-state index contributed by atoms with van der Waals surface area (Å²) in [5.41, 5.74) is 5.28. The lowest BCUT2D eigenvalue weighted by atomic mass is 10.1. The maximum absolute atomic E-state index is 6.37. The van der Waals surface area contributed by atoms with Crippen molar-refractivity contribution in [1.29, 1.82) is 0 Å². The van der Waals surface area contributed by atoms with Gasteiger partial charge in [0, 0.05) is 19.5 Å². The molecule has 7 nitrogen and oxygen atoms in total. The largest absolute Gasteiger partial charge is 0.481 e. The number of halogens is 1. The van der Waals surface area contributed by atoms with E-state index in [2.05, 4.69) is 20.5 Å². The van der Waals surface area contributed by atoms with E-state index in [9.17, 15) is 0 Å². The van der Waals surface area contributed by atoms with Gasteiger partial charge in [0.25, 0.3) is 0 Å². The molecule has 2 rings (SSSR count). The maximum Gasteiger partial charge on any atom is 0.216 e. The SMILES string of the molecule is CCc1nn(C)c(CC(NN)c2cc(OC)ncn2)c1Cl. The summed E-state index contributed by atoms with van der Waals surface area (Å²) in [5.74, 6) is 6.15. The van der Waals surface area contributed by atoms with Gasteiger partial charge in [0.2, 0.25) is 5.88 Å². The van der Waals surface area contributed by atoms with Gasteiger partial charge in [-0.15, -0.1) is 0 Å². The second kappa shape index (κ2) is 6.84. The number of aromatic nitrogens is 4. The fourth-order valence-corrected chi connectivity index (χ4v) is 2.51. The highest BCUT2D eigenvalue weighted by Gasteiger charge is 2.20. The lowest BCUT2D eigenvalue weighted by Gasteiger charge is -2.16. The van der Waals surface area contributed by atoms with Gasteiger partial charge in [-0.05, 0) is 6.42 Å². The molecule has 1 atom stereocenters. The maximum atomic E-state index is 6.37. The minimum atomic E-state index is -0.209. The van der Waals surface area contributed by atoms with E-state index in [1.54, 1.807) is 17.9 Å². The molecular formula is C13H19ClN6O. The zero-order chi connectivity index (χ0) is 15.4. The van der Waals surface area contributed by atoms with Crippen molar-refractivity contribution in [2.45, 2.75) is 25.8 Å². The van der Waals surface area contributed by atoms with Gasteiger partial charge in [-0.3, -0.25) is 16.0 Å². The Bertz CT molecular complexity index is 615. The van der Waals surface area contributed by atoms with Crippen molar-refractivity contribution in [1.82, 2.24) is 25.2 Å². The molecule has 2 aromatic rings. The topological polar surface area (TPSA) is 90.9 Å². The molecule has 0 aliphatic carbocycles. The van der Waals surface area contributed by atoms with Gasteiger partial charge in [-0.2, -0.15) is 5.10 Å². The molecule has 8 heteroatoms. The predicted octanol–water partition coefficient (Wildman–Crippen LogP) is 1.18. The first-order chi connectivity index (χ1) is 10.1. The standard InChI is InChI=1S/C13H19ClN6O/c1-4-8-13(14)11(20(2)19-8)5-10(18-15)9-6-12(21-3)17-7-16-9/h6-7,10,18H,4-5,15H2,1-3H3. The Hall–Kier alpha value is -1.70. The molecule has 0 aliphatic rings. The number of rotatable bonds is 6. The summed E-state index contributed by atoms with van der Waals surface area (Å²) in [4.78, 5) is 8.22. The molecule has 0 bridgehead atoms. The van der Waals surface area contributed by atoms with Gasteiger partial charge in [0.15, 0.2) is 0 Å². The van der Waals surface area contributed by atoms with E-state index in [1.807, 2.05) is 14.0 Å². The molecule has 3 N–H and O–H groups in total. The summed E-state index contributed by atoms with van der Waals surface area (Å²) in [5, 5.41) is 5.08. The van der Waals surface area contributed by atoms with Gasteiger partial charge in [0.05, 0.1) is 35.3 Å². The highest BCUT2D eigenvalue weighted by molar-refractivity contribution is 6.31. The van der Waals surface area contributed by atoms with Gasteiger partial charge in [-0.25, -0.2) is 9.97 Å². The van der Waals surface area contributed by atoms with Gasteiger partial charge in [0.1, 0.15) is 6.33 Å². The van der Waals surface area contributed by atoms with E-state index in [1.165, 1.54) is 6.33 Å². The molecule has 0 amide bonds. The number of hydrogen-bond donors (Lipinski definition) is 2. The molecule has 21 heavy (non-hydrogen) atoms. The lowest BCUT2D eigenvalue weighted by molar-refractivity contribution is 0.393. The number of aryl methyl sites for hydroxylation is 2. The summed E-state index contributed by atoms with van der Waals surface area (Å²) in [6, 6.07) is 1.54. The molecule has 2 aromatic heterocycles. The fraction of sp³-hybridized carbons (Fsp3) is 0.462. The van der Waals surface area contributed by atoms with Crippen molar-refractivity contribution in [3.05, 3.63) is 34.5 Å². The quantitative estimate of drug-likeness (QED) is 0.615. The number of ether oxygens (including phenoxy) is 1. The zero-order valence-electron chi connectivity index (χ0n) is 12.3. The van der Waals surface area contributed by atoms with Crippen LogP contribution in [0.1, 0.15) is 30.0 Å². The van der Waals surface area contributed by atoms with Crippen LogP contribution in [0.3, 0.4) is 0 Å². The Morgan fingerprint density at radius 1 is 1.48 bits per heavy atom. The first-order valence-corrected chi connectivity index (χ1v) is 7.00. The van der Waals surface area contributed by atoms with Crippen LogP contribution in [0.4, 0.5) is 0 Å². The van der Waals surface area contributed by atoms with Gasteiger partial charge >= 0.3 is 0 Å². The monoisotopic (exact) mass is 310 g/mol. The molecule has 0 saturated heterocycles. The van der Waals surface area contributed by atoms with Crippen LogP contribution in [0.25, 0.3) is 0 Å². The van der Waals surface area contributed by atoms with Crippen molar-refractivity contribution >= 4 is 11.6 Å². The Balaban J connectivity index is 2.28. The zero-order valence-corrected chi connectivity index (χ0v) is 13.1. The number of nitrogens with two attached hydrogens (primary N) is 1. The summed E-state index contributed by atoms with van der Waals surface area (Å²) in [6.45, 7) is 2.02. The summed E-state index contributed by atoms with van der Waals surface area (Å²) < 4.78 is 6.89. The van der Waals surface area contributed by atoms with Crippen LogP contribution in [-0.4, -0.2) is 26.9 Å². The first kappa shape index (κ1) is 15.7. The van der Waals surface area contributed by atoms with Gasteiger partial charge in [-0.1, -0.05) is 18.5 Å². The average molecular weight is 311 g/mol. The molecule has 0 radical (unpaired) electrons. The van der Waals surface area contributed by atoms with Crippen molar-refractivity contribution in [2.75, 3.05) is 7.11 Å². The van der Waals surface area contributed by atoms with Crippen LogP contribution >= 0.6 is 11.6 Å². The third kappa shape index (κ3) is 3.31. The molecular weight excluding hydrogens is 292 g/mol. The van der Waals surface area contributed by atoms with E-state index < -0.39 is 0 Å². The molecule has 2 heterocycles. The second-order valence-electron chi connectivity index (χ2n) is 4.59. The van der Waals surface area contributed by atoms with Crippen LogP contribution in [0.15, 0.2) is 12.4 Å². The number of hydrazine groups is 1. The molecule has 0 fully saturated rings. The molecule has 0 aromatic carbocycles. The fourth-order valence-electron chi connectivity index (χ4n) is 2.14. The molecule has 114 valence electrons. The van der Waals surface area contributed by atoms with E-state index in [0.717, 1.165) is 23.5 Å². The predicted molar refractivity (Wildman–Crippen MR) is 79.9 cm³/mol. The van der Waals surface area contributed by atoms with E-state index in [0.29, 0.717) is 17.3 Å². The number of nitrogens with one attached hydrogen (secondary N) is 1. The minimum absolute atomic E-state index is 0.209. The number of hydrogen-bond acceptors (Lipinski definition) is 6. The highest BCUT2D eigenvalue weighted by atomic mass is 35.5. The number of methoxy groups -OCH3 is 1. The third-order valence-corrected chi connectivity index (χ3v) is 3.77. The second-order valence-corrected chi connectivity index (χ2v) is 4.97. The highest BCUT2D eigenvalue weighted by Crippen LogP contribution is 2.26. The average Bonchev–Trinajstić information content (AvgIpc) is 2.79. The van der Waals surface area contributed by atoms with Crippen molar-refractivity contribution in [3.63, 3.8) is 0 Å². The van der Waals surface area contributed by atoms with Crippen LogP contribution in [0, 0.1) is 0 Å². The Morgan fingerprint density at radius 3 is 2.81 bits per heavy atom. The summed E-state index contributed by atoms with van der Waals surface area (Å²) in [6.07, 6.45) is 2.80. The third-order valence-electron chi connectivity index (χ3n) is 3.33.